The standard InChI is InChI=1S/C13H24N2O2/c1-10-3-2-6-14-12(10)9-13(17)15-7-4-11(16)5-8-15/h10-12,14,16H,2-9H2,1H3. The van der Waals surface area contributed by atoms with Crippen LogP contribution >= 0.6 is 0 Å². The maximum absolute atomic E-state index is 12.1. The lowest BCUT2D eigenvalue weighted by Crippen LogP contribution is -2.46. The Morgan fingerprint density at radius 1 is 1.35 bits per heavy atom. The van der Waals surface area contributed by atoms with E-state index >= 15 is 0 Å². The van der Waals surface area contributed by atoms with Crippen LogP contribution in [0.5, 0.6) is 0 Å². The fourth-order valence-electron chi connectivity index (χ4n) is 2.82. The van der Waals surface area contributed by atoms with Crippen molar-refractivity contribution in [2.24, 2.45) is 5.92 Å². The molecule has 0 aliphatic carbocycles. The SMILES string of the molecule is CC1CCCNC1CC(=O)N1CCC(O)CC1. The zero-order chi connectivity index (χ0) is 12.3. The minimum Gasteiger partial charge on any atom is -0.393 e. The van der Waals surface area contributed by atoms with Gasteiger partial charge in [-0.05, 0) is 38.1 Å². The highest BCUT2D eigenvalue weighted by Gasteiger charge is 2.27. The van der Waals surface area contributed by atoms with Crippen LogP contribution in [0.2, 0.25) is 0 Å². The quantitative estimate of drug-likeness (QED) is 0.749. The van der Waals surface area contributed by atoms with Crippen molar-refractivity contribution in [3.63, 3.8) is 0 Å². The van der Waals surface area contributed by atoms with E-state index in [0.717, 1.165) is 32.5 Å². The second kappa shape index (κ2) is 5.83. The average Bonchev–Trinajstić information content (AvgIpc) is 2.33. The van der Waals surface area contributed by atoms with Crippen LogP contribution in [-0.2, 0) is 4.79 Å². The van der Waals surface area contributed by atoms with E-state index in [9.17, 15) is 9.90 Å². The van der Waals surface area contributed by atoms with Gasteiger partial charge < -0.3 is 15.3 Å². The predicted octanol–water partition coefficient (Wildman–Crippen LogP) is 0.748. The number of piperidine rings is 2. The molecule has 0 aromatic heterocycles. The largest absolute Gasteiger partial charge is 0.393 e. The Labute approximate surface area is 103 Å². The fraction of sp³-hybridized carbons (Fsp3) is 0.923. The van der Waals surface area contributed by atoms with E-state index in [0.29, 0.717) is 18.4 Å². The summed E-state index contributed by atoms with van der Waals surface area (Å²) in [5.41, 5.74) is 0. The molecule has 0 aromatic rings. The second-order valence-electron chi connectivity index (χ2n) is 5.50. The molecule has 2 heterocycles. The molecule has 2 aliphatic heterocycles. The minimum absolute atomic E-state index is 0.203. The van der Waals surface area contributed by atoms with E-state index < -0.39 is 0 Å². The lowest BCUT2D eigenvalue weighted by molar-refractivity contribution is -0.134. The Hall–Kier alpha value is -0.610. The molecule has 2 aliphatic rings. The van der Waals surface area contributed by atoms with E-state index in [1.54, 1.807) is 0 Å². The average molecular weight is 240 g/mol. The summed E-state index contributed by atoms with van der Waals surface area (Å²) < 4.78 is 0. The van der Waals surface area contributed by atoms with Crippen LogP contribution in [0.3, 0.4) is 0 Å². The monoisotopic (exact) mass is 240 g/mol. The van der Waals surface area contributed by atoms with Gasteiger partial charge in [-0.2, -0.15) is 0 Å². The van der Waals surface area contributed by atoms with Crippen molar-refractivity contribution in [2.75, 3.05) is 19.6 Å². The zero-order valence-electron chi connectivity index (χ0n) is 10.7. The molecule has 2 N–H and O–H groups in total. The third-order valence-corrected chi connectivity index (χ3v) is 4.14. The summed E-state index contributed by atoms with van der Waals surface area (Å²) in [4.78, 5) is 14.0. The highest BCUT2D eigenvalue weighted by Crippen LogP contribution is 2.20. The molecule has 0 aromatic carbocycles. The van der Waals surface area contributed by atoms with E-state index in [2.05, 4.69) is 12.2 Å². The highest BCUT2D eigenvalue weighted by atomic mass is 16.3. The van der Waals surface area contributed by atoms with Crippen molar-refractivity contribution < 1.29 is 9.90 Å². The number of nitrogens with zero attached hydrogens (tertiary/aromatic N) is 1. The summed E-state index contributed by atoms with van der Waals surface area (Å²) in [6.45, 7) is 4.72. The second-order valence-corrected chi connectivity index (χ2v) is 5.50. The Balaban J connectivity index is 1.79. The zero-order valence-corrected chi connectivity index (χ0v) is 10.7. The molecule has 2 saturated heterocycles. The van der Waals surface area contributed by atoms with E-state index in [1.165, 1.54) is 12.8 Å². The molecule has 0 radical (unpaired) electrons. The lowest BCUT2D eigenvalue weighted by Gasteiger charge is -2.34. The van der Waals surface area contributed by atoms with Gasteiger partial charge in [0.2, 0.25) is 5.91 Å². The molecule has 17 heavy (non-hydrogen) atoms. The molecular weight excluding hydrogens is 216 g/mol. The number of nitrogens with one attached hydrogen (secondary N) is 1. The summed E-state index contributed by atoms with van der Waals surface area (Å²) in [5, 5.41) is 12.9. The highest BCUT2D eigenvalue weighted by molar-refractivity contribution is 5.77. The van der Waals surface area contributed by atoms with Gasteiger partial charge >= 0.3 is 0 Å². The molecule has 1 amide bonds. The van der Waals surface area contributed by atoms with E-state index in [1.807, 2.05) is 4.90 Å². The van der Waals surface area contributed by atoms with E-state index in [4.69, 9.17) is 0 Å². The molecule has 2 unspecified atom stereocenters. The van der Waals surface area contributed by atoms with Gasteiger partial charge in [-0.15, -0.1) is 0 Å². The van der Waals surface area contributed by atoms with Gasteiger partial charge in [-0.3, -0.25) is 4.79 Å². The van der Waals surface area contributed by atoms with Crippen LogP contribution in [-0.4, -0.2) is 47.7 Å². The van der Waals surface area contributed by atoms with Gasteiger partial charge in [-0.1, -0.05) is 6.92 Å². The number of rotatable bonds is 2. The summed E-state index contributed by atoms with van der Waals surface area (Å²) >= 11 is 0. The summed E-state index contributed by atoms with van der Waals surface area (Å²) in [6, 6.07) is 0.350. The van der Waals surface area contributed by atoms with Crippen molar-refractivity contribution in [2.45, 2.75) is 51.2 Å². The first-order valence-corrected chi connectivity index (χ1v) is 6.86. The topological polar surface area (TPSA) is 52.6 Å². The first-order valence-electron chi connectivity index (χ1n) is 6.86. The fourth-order valence-corrected chi connectivity index (χ4v) is 2.82. The Morgan fingerprint density at radius 3 is 2.71 bits per heavy atom. The van der Waals surface area contributed by atoms with Gasteiger partial charge in [0.05, 0.1) is 6.10 Å². The molecular formula is C13H24N2O2. The molecule has 2 fully saturated rings. The molecule has 0 spiro atoms. The smallest absolute Gasteiger partial charge is 0.224 e. The predicted molar refractivity (Wildman–Crippen MR) is 66.6 cm³/mol. The van der Waals surface area contributed by atoms with Crippen molar-refractivity contribution in [3.05, 3.63) is 0 Å². The number of carbonyl (C=O) groups is 1. The number of aliphatic hydroxyl groups excluding tert-OH is 1. The molecule has 98 valence electrons. The third-order valence-electron chi connectivity index (χ3n) is 4.14. The van der Waals surface area contributed by atoms with Gasteiger partial charge in [0, 0.05) is 25.6 Å². The molecule has 4 nitrogen and oxygen atoms in total. The van der Waals surface area contributed by atoms with Crippen LogP contribution < -0.4 is 5.32 Å². The van der Waals surface area contributed by atoms with Crippen LogP contribution in [0.25, 0.3) is 0 Å². The first kappa shape index (κ1) is 12.8. The van der Waals surface area contributed by atoms with Crippen molar-refractivity contribution >= 4 is 5.91 Å². The van der Waals surface area contributed by atoms with Crippen LogP contribution in [0.4, 0.5) is 0 Å². The van der Waals surface area contributed by atoms with Gasteiger partial charge in [-0.25, -0.2) is 0 Å². The van der Waals surface area contributed by atoms with Crippen molar-refractivity contribution in [1.82, 2.24) is 10.2 Å². The number of aliphatic hydroxyl groups is 1. The summed E-state index contributed by atoms with van der Waals surface area (Å²) in [7, 11) is 0. The molecule has 0 bridgehead atoms. The van der Waals surface area contributed by atoms with Crippen LogP contribution in [0, 0.1) is 5.92 Å². The number of likely N-dealkylation sites (tertiary alicyclic amines) is 1. The number of carbonyl (C=O) groups excluding carboxylic acids is 1. The summed E-state index contributed by atoms with van der Waals surface area (Å²) in [6.07, 6.45) is 4.34. The Morgan fingerprint density at radius 2 is 2.06 bits per heavy atom. The molecule has 2 rings (SSSR count). The van der Waals surface area contributed by atoms with Crippen LogP contribution in [0.15, 0.2) is 0 Å². The minimum atomic E-state index is -0.203. The maximum atomic E-state index is 12.1. The van der Waals surface area contributed by atoms with E-state index in [-0.39, 0.29) is 12.0 Å². The van der Waals surface area contributed by atoms with Crippen molar-refractivity contribution in [3.8, 4) is 0 Å². The van der Waals surface area contributed by atoms with Gasteiger partial charge in [0.25, 0.3) is 0 Å². The maximum Gasteiger partial charge on any atom is 0.224 e. The number of hydrogen-bond acceptors (Lipinski definition) is 3. The molecule has 2 atom stereocenters. The van der Waals surface area contributed by atoms with Gasteiger partial charge in [0.1, 0.15) is 0 Å². The number of amides is 1. The van der Waals surface area contributed by atoms with Crippen molar-refractivity contribution in [1.29, 1.82) is 0 Å². The summed E-state index contributed by atoms with van der Waals surface area (Å²) in [5.74, 6) is 0.853. The Bertz CT molecular complexity index is 262. The Kier molecular flexibility index (Phi) is 4.40. The van der Waals surface area contributed by atoms with Crippen LogP contribution in [0.1, 0.15) is 39.0 Å². The normalized spacial score (nSPS) is 31.5. The molecule has 4 heteroatoms. The lowest BCUT2D eigenvalue weighted by atomic mass is 9.90. The third kappa shape index (κ3) is 3.42. The van der Waals surface area contributed by atoms with Gasteiger partial charge in [0.15, 0.2) is 0 Å². The molecule has 0 saturated carbocycles. The first-order chi connectivity index (χ1) is 8.16. The number of hydrogen-bond donors (Lipinski definition) is 2.